The minimum Gasteiger partial charge on any atom is -0.486 e. The highest BCUT2D eigenvalue weighted by atomic mass is 16.6. The van der Waals surface area contributed by atoms with Crippen molar-refractivity contribution in [3.63, 3.8) is 0 Å². The number of benzene rings is 1. The predicted octanol–water partition coefficient (Wildman–Crippen LogP) is 0.805. The number of carbonyl (C=O) groups is 2. The topological polar surface area (TPSA) is 81.9 Å². The number of hydrogen-bond donors (Lipinski definition) is 1. The van der Waals surface area contributed by atoms with Gasteiger partial charge in [0.25, 0.3) is 0 Å². The van der Waals surface area contributed by atoms with E-state index in [4.69, 9.17) is 15.2 Å². The van der Waals surface area contributed by atoms with Crippen LogP contribution in [0, 0.1) is 5.92 Å². The van der Waals surface area contributed by atoms with Crippen molar-refractivity contribution in [3.8, 4) is 11.5 Å². The smallest absolute Gasteiger partial charge is 0.246 e. The van der Waals surface area contributed by atoms with Crippen LogP contribution in [-0.2, 0) is 9.59 Å². The Bertz CT molecular complexity index is 627. The quantitative estimate of drug-likeness (QED) is 0.838. The van der Waals surface area contributed by atoms with E-state index in [1.165, 1.54) is 6.08 Å². The number of ether oxygens (including phenoxy) is 2. The van der Waals surface area contributed by atoms with Crippen LogP contribution in [-0.4, -0.2) is 43.0 Å². The average molecular weight is 302 g/mol. The summed E-state index contributed by atoms with van der Waals surface area (Å²) in [7, 11) is 0. The Morgan fingerprint density at radius 2 is 2.00 bits per heavy atom. The molecular formula is C16H18N2O4. The second-order valence-corrected chi connectivity index (χ2v) is 5.41. The number of fused-ring (bicyclic) bond motifs is 1. The van der Waals surface area contributed by atoms with Gasteiger partial charge in [-0.15, -0.1) is 0 Å². The molecule has 1 fully saturated rings. The zero-order valence-electron chi connectivity index (χ0n) is 12.2. The fourth-order valence-corrected chi connectivity index (χ4v) is 2.63. The molecule has 2 aliphatic heterocycles. The first kappa shape index (κ1) is 14.4. The summed E-state index contributed by atoms with van der Waals surface area (Å²) in [5.74, 6) is 0.728. The van der Waals surface area contributed by atoms with Gasteiger partial charge < -0.3 is 20.1 Å². The molecule has 0 bridgehead atoms. The van der Waals surface area contributed by atoms with Crippen molar-refractivity contribution in [2.24, 2.45) is 11.7 Å². The fraction of sp³-hybridized carbons (Fsp3) is 0.375. The molecule has 0 aliphatic carbocycles. The first-order chi connectivity index (χ1) is 10.6. The highest BCUT2D eigenvalue weighted by molar-refractivity contribution is 5.92. The Morgan fingerprint density at radius 3 is 2.73 bits per heavy atom. The van der Waals surface area contributed by atoms with Gasteiger partial charge in [-0.3, -0.25) is 9.59 Å². The Balaban J connectivity index is 1.64. The molecule has 1 saturated heterocycles. The third-order valence-corrected chi connectivity index (χ3v) is 3.89. The van der Waals surface area contributed by atoms with Crippen molar-refractivity contribution in [2.75, 3.05) is 26.3 Å². The van der Waals surface area contributed by atoms with Crippen LogP contribution in [0.5, 0.6) is 11.5 Å². The summed E-state index contributed by atoms with van der Waals surface area (Å²) in [5.41, 5.74) is 6.13. The maximum atomic E-state index is 12.1. The number of hydrogen-bond acceptors (Lipinski definition) is 4. The van der Waals surface area contributed by atoms with E-state index in [0.717, 1.165) is 11.3 Å². The van der Waals surface area contributed by atoms with Crippen LogP contribution in [0.4, 0.5) is 0 Å². The van der Waals surface area contributed by atoms with Gasteiger partial charge in [0.15, 0.2) is 11.5 Å². The van der Waals surface area contributed by atoms with Gasteiger partial charge in [0.05, 0.1) is 5.92 Å². The molecule has 1 atom stereocenters. The molecule has 0 unspecified atom stereocenters. The number of rotatable bonds is 3. The molecule has 2 heterocycles. The molecule has 6 heteroatoms. The summed E-state index contributed by atoms with van der Waals surface area (Å²) in [5, 5.41) is 0. The van der Waals surface area contributed by atoms with Gasteiger partial charge in [0.1, 0.15) is 13.2 Å². The maximum Gasteiger partial charge on any atom is 0.246 e. The number of nitrogens with two attached hydrogens (primary N) is 1. The Kier molecular flexibility index (Phi) is 4.00. The number of likely N-dealkylation sites (tertiary alicyclic amines) is 1. The SMILES string of the molecule is NC(=O)[C@H]1CCN(C(=O)/C=C\c2ccc3c(c2)OCCO3)C1. The van der Waals surface area contributed by atoms with Crippen molar-refractivity contribution in [2.45, 2.75) is 6.42 Å². The average Bonchev–Trinajstić information content (AvgIpc) is 3.03. The van der Waals surface area contributed by atoms with Crippen LogP contribution in [0.1, 0.15) is 12.0 Å². The van der Waals surface area contributed by atoms with Gasteiger partial charge in [0.2, 0.25) is 11.8 Å². The number of nitrogens with zero attached hydrogens (tertiary/aromatic N) is 1. The van der Waals surface area contributed by atoms with Crippen LogP contribution in [0.2, 0.25) is 0 Å². The van der Waals surface area contributed by atoms with Gasteiger partial charge in [0, 0.05) is 19.2 Å². The Hall–Kier alpha value is -2.50. The van der Waals surface area contributed by atoms with Crippen molar-refractivity contribution >= 4 is 17.9 Å². The Labute approximate surface area is 128 Å². The molecule has 0 saturated carbocycles. The minimum absolute atomic E-state index is 0.112. The largest absolute Gasteiger partial charge is 0.486 e. The van der Waals surface area contributed by atoms with E-state index in [2.05, 4.69) is 0 Å². The molecule has 0 spiro atoms. The van der Waals surface area contributed by atoms with Gasteiger partial charge >= 0.3 is 0 Å². The fourth-order valence-electron chi connectivity index (χ4n) is 2.63. The summed E-state index contributed by atoms with van der Waals surface area (Å²) >= 11 is 0. The van der Waals surface area contributed by atoms with E-state index in [0.29, 0.717) is 38.5 Å². The van der Waals surface area contributed by atoms with E-state index >= 15 is 0 Å². The van der Waals surface area contributed by atoms with Gasteiger partial charge in [-0.05, 0) is 30.2 Å². The van der Waals surface area contributed by atoms with E-state index in [-0.39, 0.29) is 17.7 Å². The van der Waals surface area contributed by atoms with Crippen LogP contribution in [0.15, 0.2) is 24.3 Å². The Morgan fingerprint density at radius 1 is 1.23 bits per heavy atom. The second-order valence-electron chi connectivity index (χ2n) is 5.41. The highest BCUT2D eigenvalue weighted by Gasteiger charge is 2.28. The number of carbonyl (C=O) groups excluding carboxylic acids is 2. The molecule has 22 heavy (non-hydrogen) atoms. The number of primary amides is 1. The molecule has 2 aliphatic rings. The lowest BCUT2D eigenvalue weighted by Gasteiger charge is -2.18. The molecule has 0 aromatic heterocycles. The van der Waals surface area contributed by atoms with Gasteiger partial charge in [-0.25, -0.2) is 0 Å². The van der Waals surface area contributed by atoms with Crippen molar-refractivity contribution in [1.82, 2.24) is 4.90 Å². The minimum atomic E-state index is -0.342. The second kappa shape index (κ2) is 6.09. The highest BCUT2D eigenvalue weighted by Crippen LogP contribution is 2.31. The van der Waals surface area contributed by atoms with Gasteiger partial charge in [-0.2, -0.15) is 0 Å². The molecule has 1 aromatic carbocycles. The van der Waals surface area contributed by atoms with Gasteiger partial charge in [-0.1, -0.05) is 6.07 Å². The van der Waals surface area contributed by atoms with Crippen molar-refractivity contribution in [1.29, 1.82) is 0 Å². The lowest BCUT2D eigenvalue weighted by molar-refractivity contribution is -0.125. The molecular weight excluding hydrogens is 284 g/mol. The molecule has 116 valence electrons. The first-order valence-electron chi connectivity index (χ1n) is 7.29. The van der Waals surface area contributed by atoms with E-state index < -0.39 is 0 Å². The summed E-state index contributed by atoms with van der Waals surface area (Å²) in [6.45, 7) is 2.05. The lowest BCUT2D eigenvalue weighted by atomic mass is 10.1. The third-order valence-electron chi connectivity index (χ3n) is 3.89. The van der Waals surface area contributed by atoms with E-state index in [1.807, 2.05) is 18.2 Å². The third kappa shape index (κ3) is 3.05. The van der Waals surface area contributed by atoms with Crippen LogP contribution in [0.3, 0.4) is 0 Å². The molecule has 6 nitrogen and oxygen atoms in total. The summed E-state index contributed by atoms with van der Waals surface area (Å²) in [6, 6.07) is 5.54. The standard InChI is InChI=1S/C16H18N2O4/c17-16(20)12-5-6-18(10-12)15(19)4-2-11-1-3-13-14(9-11)22-8-7-21-13/h1-4,9,12H,5-8,10H2,(H2,17,20)/b4-2-/t12-/m0/s1. The van der Waals surface area contributed by atoms with Crippen LogP contribution in [0.25, 0.3) is 6.08 Å². The first-order valence-corrected chi connectivity index (χ1v) is 7.29. The normalized spacial score (nSPS) is 20.4. The van der Waals surface area contributed by atoms with E-state index in [9.17, 15) is 9.59 Å². The molecule has 2 amide bonds. The predicted molar refractivity (Wildman–Crippen MR) is 80.3 cm³/mol. The van der Waals surface area contributed by atoms with Crippen LogP contribution >= 0.6 is 0 Å². The monoisotopic (exact) mass is 302 g/mol. The maximum absolute atomic E-state index is 12.1. The van der Waals surface area contributed by atoms with Crippen molar-refractivity contribution in [3.05, 3.63) is 29.8 Å². The van der Waals surface area contributed by atoms with E-state index in [1.54, 1.807) is 11.0 Å². The zero-order valence-corrected chi connectivity index (χ0v) is 12.2. The summed E-state index contributed by atoms with van der Waals surface area (Å²) < 4.78 is 11.0. The van der Waals surface area contributed by atoms with Crippen molar-refractivity contribution < 1.29 is 19.1 Å². The van der Waals surface area contributed by atoms with Crippen LogP contribution < -0.4 is 15.2 Å². The summed E-state index contributed by atoms with van der Waals surface area (Å²) in [4.78, 5) is 24.9. The molecule has 0 radical (unpaired) electrons. The molecule has 2 N–H and O–H groups in total. The summed E-state index contributed by atoms with van der Waals surface area (Å²) in [6.07, 6.45) is 3.88. The number of amides is 2. The molecule has 3 rings (SSSR count). The molecule has 1 aromatic rings. The zero-order chi connectivity index (χ0) is 15.5. The lowest BCUT2D eigenvalue weighted by Crippen LogP contribution is -2.30.